The van der Waals surface area contributed by atoms with Crippen molar-refractivity contribution in [1.29, 1.82) is 0 Å². The monoisotopic (exact) mass is 569 g/mol. The Morgan fingerprint density at radius 2 is 1.85 bits per heavy atom. The third kappa shape index (κ3) is 5.72. The number of nitrogens with one attached hydrogen (secondary N) is 3. The maximum atomic E-state index is 14.6. The Bertz CT molecular complexity index is 2000. The second kappa shape index (κ2) is 10.8. The molecule has 0 amide bonds. The number of aromatic amines is 2. The average Bonchev–Trinajstić information content (AvgIpc) is 3.58. The van der Waals surface area contributed by atoms with Crippen molar-refractivity contribution in [3.05, 3.63) is 84.1 Å². The smallest absolute Gasteiger partial charge is 0.147 e. The third-order valence-electron chi connectivity index (χ3n) is 6.89. The lowest BCUT2D eigenvalue weighted by Crippen LogP contribution is -2.11. The number of halogens is 1. The zero-order chi connectivity index (χ0) is 28.6. The summed E-state index contributed by atoms with van der Waals surface area (Å²) in [4.78, 5) is 17.1. The van der Waals surface area contributed by atoms with Crippen molar-refractivity contribution in [3.63, 3.8) is 0 Å². The van der Waals surface area contributed by atoms with Gasteiger partial charge in [0.25, 0.3) is 0 Å². The van der Waals surface area contributed by atoms with Gasteiger partial charge in [-0.2, -0.15) is 5.10 Å². The largest absolute Gasteiger partial charge is 0.338 e. The van der Waals surface area contributed by atoms with Crippen molar-refractivity contribution in [2.24, 2.45) is 0 Å². The molecular formula is C30H28FN7O2S. The Balaban J connectivity index is 1.39. The Labute approximate surface area is 236 Å². The van der Waals surface area contributed by atoms with Crippen molar-refractivity contribution < 1.29 is 12.8 Å². The molecule has 0 atom stereocenters. The number of aryl methyl sites for hydroxylation is 1. The molecule has 1 aromatic carbocycles. The van der Waals surface area contributed by atoms with Crippen LogP contribution in [0.5, 0.6) is 0 Å². The number of fused-ring (bicyclic) bond motifs is 2. The highest BCUT2D eigenvalue weighted by Crippen LogP contribution is 2.34. The van der Waals surface area contributed by atoms with E-state index in [0.29, 0.717) is 33.7 Å². The van der Waals surface area contributed by atoms with E-state index < -0.39 is 15.7 Å². The first-order chi connectivity index (χ1) is 19.8. The first-order valence-electron chi connectivity index (χ1n) is 13.2. The first-order valence-corrected chi connectivity index (χ1v) is 15.3. The number of H-pyrrole nitrogens is 2. The summed E-state index contributed by atoms with van der Waals surface area (Å²) in [5, 5.41) is 11.7. The number of pyridine rings is 3. The SMILES string of the molecule is CCNCc1cncc(-c2ccc3[nH]nc(-c4cc5c(-c6cc(F)cc(CCS(C)(=O)=O)c6)ccnc5[nH]4)c3n2)c1. The topological polar surface area (TPSA) is 129 Å². The average molecular weight is 570 g/mol. The van der Waals surface area contributed by atoms with Gasteiger partial charge in [-0.1, -0.05) is 13.0 Å². The lowest BCUT2D eigenvalue weighted by Gasteiger charge is -2.07. The van der Waals surface area contributed by atoms with E-state index in [2.05, 4.69) is 43.5 Å². The molecule has 208 valence electrons. The molecule has 41 heavy (non-hydrogen) atoms. The number of hydrogen-bond acceptors (Lipinski definition) is 7. The molecule has 6 aromatic rings. The highest BCUT2D eigenvalue weighted by atomic mass is 32.2. The fourth-order valence-corrected chi connectivity index (χ4v) is 5.51. The summed E-state index contributed by atoms with van der Waals surface area (Å²) in [7, 11) is -3.17. The zero-order valence-corrected chi connectivity index (χ0v) is 23.4. The van der Waals surface area contributed by atoms with Gasteiger partial charge in [0.2, 0.25) is 0 Å². The lowest BCUT2D eigenvalue weighted by molar-refractivity contribution is 0.600. The second-order valence-electron chi connectivity index (χ2n) is 10.1. The van der Waals surface area contributed by atoms with Gasteiger partial charge < -0.3 is 10.3 Å². The van der Waals surface area contributed by atoms with Gasteiger partial charge >= 0.3 is 0 Å². The summed E-state index contributed by atoms with van der Waals surface area (Å²) in [6.45, 7) is 3.66. The normalized spacial score (nSPS) is 12.0. The van der Waals surface area contributed by atoms with Gasteiger partial charge in [-0.25, -0.2) is 22.8 Å². The molecule has 0 aliphatic carbocycles. The van der Waals surface area contributed by atoms with Gasteiger partial charge in [-0.05, 0) is 77.7 Å². The van der Waals surface area contributed by atoms with Crippen LogP contribution >= 0.6 is 0 Å². The van der Waals surface area contributed by atoms with E-state index in [-0.39, 0.29) is 12.2 Å². The number of rotatable bonds is 9. The molecule has 0 spiro atoms. The van der Waals surface area contributed by atoms with E-state index in [9.17, 15) is 12.8 Å². The zero-order valence-electron chi connectivity index (χ0n) is 22.6. The Morgan fingerprint density at radius 3 is 2.68 bits per heavy atom. The van der Waals surface area contributed by atoms with Crippen LogP contribution in [0, 0.1) is 5.82 Å². The summed E-state index contributed by atoms with van der Waals surface area (Å²) in [6.07, 6.45) is 6.71. The van der Waals surface area contributed by atoms with E-state index in [0.717, 1.165) is 46.4 Å². The van der Waals surface area contributed by atoms with Crippen LogP contribution in [-0.2, 0) is 22.8 Å². The van der Waals surface area contributed by atoms with Crippen molar-refractivity contribution >= 4 is 31.9 Å². The maximum absolute atomic E-state index is 14.6. The number of sulfone groups is 1. The predicted molar refractivity (Wildman–Crippen MR) is 158 cm³/mol. The minimum atomic E-state index is -3.17. The maximum Gasteiger partial charge on any atom is 0.147 e. The molecule has 0 unspecified atom stereocenters. The van der Waals surface area contributed by atoms with Crippen LogP contribution in [0.4, 0.5) is 4.39 Å². The molecule has 0 aliphatic heterocycles. The summed E-state index contributed by atoms with van der Waals surface area (Å²) >= 11 is 0. The van der Waals surface area contributed by atoms with Gasteiger partial charge in [-0.15, -0.1) is 0 Å². The molecule has 0 bridgehead atoms. The van der Waals surface area contributed by atoms with Crippen molar-refractivity contribution in [2.75, 3.05) is 18.6 Å². The summed E-state index contributed by atoms with van der Waals surface area (Å²) < 4.78 is 37.9. The quantitative estimate of drug-likeness (QED) is 0.222. The van der Waals surface area contributed by atoms with Crippen LogP contribution in [0.2, 0.25) is 0 Å². The van der Waals surface area contributed by atoms with E-state index in [1.165, 1.54) is 18.4 Å². The fourth-order valence-electron chi connectivity index (χ4n) is 4.90. The molecule has 9 nitrogen and oxygen atoms in total. The van der Waals surface area contributed by atoms with Gasteiger partial charge in [0.05, 0.1) is 22.7 Å². The highest BCUT2D eigenvalue weighted by Gasteiger charge is 2.17. The van der Waals surface area contributed by atoms with Crippen LogP contribution in [0.25, 0.3) is 55.8 Å². The Kier molecular flexibility index (Phi) is 7.06. The first kappa shape index (κ1) is 26.7. The van der Waals surface area contributed by atoms with E-state index >= 15 is 0 Å². The van der Waals surface area contributed by atoms with Gasteiger partial charge in [0.1, 0.15) is 32.5 Å². The number of nitrogens with zero attached hydrogens (tertiary/aromatic N) is 4. The highest BCUT2D eigenvalue weighted by molar-refractivity contribution is 7.90. The van der Waals surface area contributed by atoms with E-state index in [1.807, 2.05) is 36.5 Å². The van der Waals surface area contributed by atoms with Crippen LogP contribution in [0.3, 0.4) is 0 Å². The van der Waals surface area contributed by atoms with Crippen LogP contribution in [-0.4, -0.2) is 57.1 Å². The Morgan fingerprint density at radius 1 is 1.00 bits per heavy atom. The summed E-state index contributed by atoms with van der Waals surface area (Å²) in [6, 6.07) is 14.4. The van der Waals surface area contributed by atoms with Gasteiger partial charge in [-0.3, -0.25) is 10.1 Å². The van der Waals surface area contributed by atoms with Crippen LogP contribution in [0.1, 0.15) is 18.1 Å². The molecule has 6 rings (SSSR count). The minimum absolute atomic E-state index is 0.0485. The third-order valence-corrected chi connectivity index (χ3v) is 7.84. The Hall–Kier alpha value is -4.48. The molecule has 0 saturated heterocycles. The molecule has 0 saturated carbocycles. The number of benzene rings is 1. The molecule has 0 fully saturated rings. The van der Waals surface area contributed by atoms with Crippen LogP contribution < -0.4 is 5.32 Å². The fraction of sp³-hybridized carbons (Fsp3) is 0.200. The number of aromatic nitrogens is 6. The van der Waals surface area contributed by atoms with E-state index in [4.69, 9.17) is 4.98 Å². The van der Waals surface area contributed by atoms with Gasteiger partial charge in [0, 0.05) is 42.3 Å². The minimum Gasteiger partial charge on any atom is -0.338 e. The molecule has 0 aliphatic rings. The molecule has 0 radical (unpaired) electrons. The van der Waals surface area contributed by atoms with Crippen LogP contribution in [0.15, 0.2) is 67.1 Å². The summed E-state index contributed by atoms with van der Waals surface area (Å²) in [5.41, 5.74) is 8.24. The summed E-state index contributed by atoms with van der Waals surface area (Å²) in [5.74, 6) is -0.474. The molecular weight excluding hydrogens is 541 g/mol. The molecule has 5 aromatic heterocycles. The second-order valence-corrected chi connectivity index (χ2v) is 12.3. The van der Waals surface area contributed by atoms with Crippen molar-refractivity contribution in [1.82, 2.24) is 35.5 Å². The molecule has 5 heterocycles. The van der Waals surface area contributed by atoms with E-state index in [1.54, 1.807) is 12.4 Å². The molecule has 11 heteroatoms. The van der Waals surface area contributed by atoms with Crippen molar-refractivity contribution in [3.8, 4) is 33.8 Å². The number of hydrogen-bond donors (Lipinski definition) is 3. The lowest BCUT2D eigenvalue weighted by atomic mass is 10.00. The van der Waals surface area contributed by atoms with Gasteiger partial charge in [0.15, 0.2) is 0 Å². The van der Waals surface area contributed by atoms with Crippen molar-refractivity contribution in [2.45, 2.75) is 19.9 Å². The predicted octanol–water partition coefficient (Wildman–Crippen LogP) is 5.07. The standard InChI is InChI=1S/C30H28FN7O2S/c1-3-32-15-19-11-21(17-33-16-19)25-4-5-26-28(35-25)29(38-37-26)27-14-24-23(6-8-34-30(24)36-27)20-10-18(12-22(31)13-20)7-9-41(2,39)40/h4-6,8,10-14,16-17,32H,3,7,9,15H2,1-2H3,(H,34,36)(H,37,38). The molecule has 3 N–H and O–H groups in total.